The van der Waals surface area contributed by atoms with Crippen LogP contribution in [0.5, 0.6) is 0 Å². The monoisotopic (exact) mass is 394 g/mol. The van der Waals surface area contributed by atoms with Crippen molar-refractivity contribution in [2.24, 2.45) is 0 Å². The first-order chi connectivity index (χ1) is 12.6. The fourth-order valence-corrected chi connectivity index (χ4v) is 2.86. The molecule has 1 heterocycles. The molecule has 0 aliphatic heterocycles. The Morgan fingerprint density at radius 2 is 1.78 bits per heavy atom. The molecule has 2 N–H and O–H groups in total. The maximum Gasteiger partial charge on any atom is 0.433 e. The van der Waals surface area contributed by atoms with Crippen LogP contribution in [0.15, 0.2) is 24.3 Å². The molecule has 9 heteroatoms. The van der Waals surface area contributed by atoms with Crippen molar-refractivity contribution in [3.8, 4) is 0 Å². The summed E-state index contributed by atoms with van der Waals surface area (Å²) in [4.78, 5) is 3.25. The third-order valence-electron chi connectivity index (χ3n) is 4.20. The van der Waals surface area contributed by atoms with Crippen LogP contribution in [0.2, 0.25) is 0 Å². The van der Waals surface area contributed by atoms with E-state index in [4.69, 9.17) is 0 Å². The third-order valence-corrected chi connectivity index (χ3v) is 4.20. The molecule has 0 saturated heterocycles. The Hall–Kier alpha value is -1.87. The van der Waals surface area contributed by atoms with Gasteiger partial charge in [-0.2, -0.15) is 26.3 Å². The van der Waals surface area contributed by atoms with Crippen molar-refractivity contribution in [3.05, 3.63) is 41.1 Å². The van der Waals surface area contributed by atoms with Gasteiger partial charge in [0, 0.05) is 5.39 Å². The number of benzene rings is 1. The van der Waals surface area contributed by atoms with Gasteiger partial charge in [-0.15, -0.1) is 0 Å². The molecule has 0 aliphatic rings. The van der Waals surface area contributed by atoms with Crippen molar-refractivity contribution in [1.82, 2.24) is 10.3 Å². The molecule has 0 radical (unpaired) electrons. The maximum absolute atomic E-state index is 13.3. The first-order valence-corrected chi connectivity index (χ1v) is 8.51. The Morgan fingerprint density at radius 1 is 1.07 bits per heavy atom. The number of para-hydroxylation sites is 1. The lowest BCUT2D eigenvalue weighted by Gasteiger charge is -2.21. The Labute approximate surface area is 152 Å². The summed E-state index contributed by atoms with van der Waals surface area (Å²) in [6.07, 6.45) is -7.22. The highest BCUT2D eigenvalue weighted by molar-refractivity contribution is 5.86. The number of hydrogen-bond donors (Lipinski definition) is 2. The van der Waals surface area contributed by atoms with Gasteiger partial charge in [0.1, 0.15) is 5.69 Å². The number of fused-ring (bicyclic) bond motifs is 1. The molecule has 0 aliphatic carbocycles. The topological polar surface area (TPSA) is 45.1 Å². The van der Waals surface area contributed by atoms with Gasteiger partial charge >= 0.3 is 12.4 Å². The van der Waals surface area contributed by atoms with Gasteiger partial charge in [-0.1, -0.05) is 31.9 Å². The van der Waals surface area contributed by atoms with Gasteiger partial charge in [0.05, 0.1) is 23.7 Å². The fraction of sp³-hybridized carbons (Fsp3) is 0.500. The number of pyridine rings is 1. The van der Waals surface area contributed by atoms with E-state index in [2.05, 4.69) is 10.3 Å². The van der Waals surface area contributed by atoms with E-state index in [-0.39, 0.29) is 10.9 Å². The largest absolute Gasteiger partial charge is 0.433 e. The molecule has 3 nitrogen and oxygen atoms in total. The second kappa shape index (κ2) is 8.43. The molecule has 2 rings (SSSR count). The second-order valence-electron chi connectivity index (χ2n) is 6.19. The van der Waals surface area contributed by atoms with Gasteiger partial charge in [0.2, 0.25) is 0 Å². The van der Waals surface area contributed by atoms with E-state index in [9.17, 15) is 31.4 Å². The van der Waals surface area contributed by atoms with E-state index in [0.717, 1.165) is 25.3 Å². The van der Waals surface area contributed by atoms with Crippen LogP contribution < -0.4 is 5.32 Å². The van der Waals surface area contributed by atoms with E-state index in [1.807, 2.05) is 6.92 Å². The molecular formula is C18H20F6N2O. The second-order valence-corrected chi connectivity index (χ2v) is 6.19. The lowest BCUT2D eigenvalue weighted by molar-refractivity contribution is -0.142. The van der Waals surface area contributed by atoms with E-state index in [1.54, 1.807) is 0 Å². The Kier molecular flexibility index (Phi) is 6.69. The number of aromatic nitrogens is 1. The zero-order chi connectivity index (χ0) is 20.2. The van der Waals surface area contributed by atoms with Gasteiger partial charge in [0.15, 0.2) is 0 Å². The maximum atomic E-state index is 13.3. The molecule has 1 atom stereocenters. The first kappa shape index (κ1) is 21.4. The highest BCUT2D eigenvalue weighted by Gasteiger charge is 2.38. The summed E-state index contributed by atoms with van der Waals surface area (Å²) in [6.45, 7) is 1.84. The van der Waals surface area contributed by atoms with Crippen LogP contribution in [0, 0.1) is 0 Å². The normalized spacial score (nSPS) is 13.9. The number of rotatable bonds is 7. The molecule has 2 aromatic rings. The molecule has 1 aromatic heterocycles. The number of halogens is 6. The highest BCUT2D eigenvalue weighted by atomic mass is 19.4. The summed E-state index contributed by atoms with van der Waals surface area (Å²) in [5.74, 6) is 0. The minimum atomic E-state index is -4.91. The number of hydrogen-bond acceptors (Lipinski definition) is 3. The molecule has 150 valence electrons. The van der Waals surface area contributed by atoms with E-state index < -0.39 is 41.8 Å². The Morgan fingerprint density at radius 3 is 2.33 bits per heavy atom. The van der Waals surface area contributed by atoms with Crippen LogP contribution >= 0.6 is 0 Å². The van der Waals surface area contributed by atoms with Crippen LogP contribution in [0.4, 0.5) is 26.3 Å². The average Bonchev–Trinajstić information content (AvgIpc) is 2.59. The van der Waals surface area contributed by atoms with Crippen molar-refractivity contribution < 1.29 is 31.4 Å². The summed E-state index contributed by atoms with van der Waals surface area (Å²) < 4.78 is 79.4. The van der Waals surface area contributed by atoms with E-state index >= 15 is 0 Å². The molecule has 0 amide bonds. The molecule has 0 fully saturated rings. The Bertz CT molecular complexity index is 773. The van der Waals surface area contributed by atoms with Crippen molar-refractivity contribution in [3.63, 3.8) is 0 Å². The van der Waals surface area contributed by atoms with Crippen molar-refractivity contribution in [2.45, 2.75) is 44.6 Å². The van der Waals surface area contributed by atoms with Crippen LogP contribution in [-0.4, -0.2) is 23.2 Å². The minimum Gasteiger partial charge on any atom is -0.394 e. The van der Waals surface area contributed by atoms with Gasteiger partial charge < -0.3 is 10.4 Å². The summed E-state index contributed by atoms with van der Waals surface area (Å²) in [7, 11) is 0. The number of unbranched alkanes of at least 4 members (excludes halogenated alkanes) is 2. The zero-order valence-corrected chi connectivity index (χ0v) is 14.6. The van der Waals surface area contributed by atoms with Crippen molar-refractivity contribution in [1.29, 1.82) is 0 Å². The van der Waals surface area contributed by atoms with Gasteiger partial charge in [-0.25, -0.2) is 4.98 Å². The van der Waals surface area contributed by atoms with Crippen LogP contribution in [0.3, 0.4) is 0 Å². The van der Waals surface area contributed by atoms with E-state index in [1.165, 1.54) is 6.07 Å². The molecule has 0 saturated carbocycles. The number of aliphatic hydroxyl groups excluding tert-OH is 1. The van der Waals surface area contributed by atoms with Crippen molar-refractivity contribution >= 4 is 10.9 Å². The van der Waals surface area contributed by atoms with Gasteiger partial charge in [-0.05, 0) is 30.7 Å². The summed E-state index contributed by atoms with van der Waals surface area (Å²) in [5.41, 5.74) is -3.49. The summed E-state index contributed by atoms with van der Waals surface area (Å²) >= 11 is 0. The average molecular weight is 394 g/mol. The predicted octanol–water partition coefficient (Wildman–Crippen LogP) is 5.09. The van der Waals surface area contributed by atoms with E-state index in [0.29, 0.717) is 18.7 Å². The minimum absolute atomic E-state index is 0.0579. The van der Waals surface area contributed by atoms with Crippen molar-refractivity contribution in [2.75, 3.05) is 13.2 Å². The quantitative estimate of drug-likeness (QED) is 0.508. The smallest absolute Gasteiger partial charge is 0.394 e. The molecular weight excluding hydrogens is 374 g/mol. The Balaban J connectivity index is 2.62. The van der Waals surface area contributed by atoms with Gasteiger partial charge in [-0.3, -0.25) is 0 Å². The van der Waals surface area contributed by atoms with Crippen LogP contribution in [-0.2, 0) is 12.4 Å². The number of aliphatic hydroxyl groups is 1. The van der Waals surface area contributed by atoms with Crippen LogP contribution in [0.1, 0.15) is 49.0 Å². The zero-order valence-electron chi connectivity index (χ0n) is 14.6. The molecule has 0 spiro atoms. The number of nitrogens with one attached hydrogen (secondary N) is 1. The summed E-state index contributed by atoms with van der Waals surface area (Å²) in [5, 5.41) is 12.5. The molecule has 1 aromatic carbocycles. The predicted molar refractivity (Wildman–Crippen MR) is 89.1 cm³/mol. The SMILES string of the molecule is CCCCCN[C@H](CO)c1cc(C(F)(F)F)nc2c(C(F)(F)F)cccc12. The molecule has 0 bridgehead atoms. The molecule has 0 unspecified atom stereocenters. The lowest BCUT2D eigenvalue weighted by atomic mass is 9.98. The van der Waals surface area contributed by atoms with Gasteiger partial charge in [0.25, 0.3) is 0 Å². The molecule has 27 heavy (non-hydrogen) atoms. The van der Waals surface area contributed by atoms with Crippen LogP contribution in [0.25, 0.3) is 10.9 Å². The number of nitrogens with zero attached hydrogens (tertiary/aromatic N) is 1. The fourth-order valence-electron chi connectivity index (χ4n) is 2.86. The summed E-state index contributed by atoms with van der Waals surface area (Å²) in [6, 6.07) is 2.87. The third kappa shape index (κ3) is 5.10. The lowest BCUT2D eigenvalue weighted by Crippen LogP contribution is -2.26. The number of alkyl halides is 6. The highest BCUT2D eigenvalue weighted by Crippen LogP contribution is 2.38. The standard InChI is InChI=1S/C18H20F6N2O/c1-2-3-4-8-25-14(10-27)12-9-15(18(22,23)24)26-16-11(12)6-5-7-13(16)17(19,20)21/h5-7,9,14,25,27H,2-4,8,10H2,1H3/t14-/m1/s1. The first-order valence-electron chi connectivity index (χ1n) is 8.51.